The third kappa shape index (κ3) is 3.43. The Hall–Kier alpha value is -3.73. The van der Waals surface area contributed by atoms with Crippen LogP contribution in [0.25, 0.3) is 0 Å². The van der Waals surface area contributed by atoms with Crippen molar-refractivity contribution in [1.29, 1.82) is 0 Å². The van der Waals surface area contributed by atoms with E-state index in [4.69, 9.17) is 0 Å². The lowest BCUT2D eigenvalue weighted by Gasteiger charge is -2.45. The van der Waals surface area contributed by atoms with Crippen molar-refractivity contribution in [1.82, 2.24) is 10.2 Å². The van der Waals surface area contributed by atoms with E-state index in [0.29, 0.717) is 29.9 Å². The molecule has 7 rings (SSSR count). The van der Waals surface area contributed by atoms with Crippen LogP contribution in [0.4, 0.5) is 0 Å². The molecule has 5 heteroatoms. The van der Waals surface area contributed by atoms with E-state index in [9.17, 15) is 14.4 Å². The van der Waals surface area contributed by atoms with E-state index in [1.807, 2.05) is 12.1 Å². The lowest BCUT2D eigenvalue weighted by Crippen LogP contribution is -2.39. The number of nitrogens with one attached hydrogen (secondary N) is 1. The highest BCUT2D eigenvalue weighted by Crippen LogP contribution is 2.55. The summed E-state index contributed by atoms with van der Waals surface area (Å²) < 4.78 is 0. The van der Waals surface area contributed by atoms with Gasteiger partial charge in [0.2, 0.25) is 11.8 Å². The fraction of sp³-hybridized carbons (Fsp3) is 0.276. The summed E-state index contributed by atoms with van der Waals surface area (Å²) >= 11 is 0. The Bertz CT molecular complexity index is 1230. The second-order valence-corrected chi connectivity index (χ2v) is 9.56. The number of benzene rings is 3. The van der Waals surface area contributed by atoms with Gasteiger partial charge in [-0.3, -0.25) is 19.3 Å². The zero-order valence-electron chi connectivity index (χ0n) is 18.9. The van der Waals surface area contributed by atoms with Crippen molar-refractivity contribution < 1.29 is 14.4 Å². The molecule has 3 amide bonds. The number of carbonyl (C=O) groups excluding carboxylic acids is 3. The van der Waals surface area contributed by atoms with Gasteiger partial charge in [-0.1, -0.05) is 60.7 Å². The van der Waals surface area contributed by atoms with E-state index in [1.165, 1.54) is 27.2 Å². The molecule has 5 nitrogen and oxygen atoms in total. The topological polar surface area (TPSA) is 66.5 Å². The van der Waals surface area contributed by atoms with Crippen LogP contribution in [0.2, 0.25) is 0 Å². The van der Waals surface area contributed by atoms with Crippen molar-refractivity contribution in [3.63, 3.8) is 0 Å². The maximum Gasteiger partial charge on any atom is 0.251 e. The maximum absolute atomic E-state index is 12.9. The van der Waals surface area contributed by atoms with Crippen LogP contribution in [0.5, 0.6) is 0 Å². The Morgan fingerprint density at radius 3 is 1.94 bits per heavy atom. The fourth-order valence-electron chi connectivity index (χ4n) is 6.03. The summed E-state index contributed by atoms with van der Waals surface area (Å²) in [5.74, 6) is 0.687. The van der Waals surface area contributed by atoms with E-state index >= 15 is 0 Å². The van der Waals surface area contributed by atoms with Gasteiger partial charge in [0.15, 0.2) is 0 Å². The molecule has 1 aliphatic heterocycles. The van der Waals surface area contributed by atoms with Gasteiger partial charge in [0.1, 0.15) is 0 Å². The van der Waals surface area contributed by atoms with Crippen molar-refractivity contribution in [3.05, 3.63) is 106 Å². The fourth-order valence-corrected chi connectivity index (χ4v) is 6.03. The van der Waals surface area contributed by atoms with Crippen LogP contribution in [0.3, 0.4) is 0 Å². The SMILES string of the molecule is O=C(NCC1CC2c3ccccc3C1c1ccccc12)c1ccc(CN2C(=O)CCC2=O)cc1. The van der Waals surface area contributed by atoms with Crippen LogP contribution in [-0.4, -0.2) is 29.2 Å². The zero-order valence-corrected chi connectivity index (χ0v) is 18.9. The number of carbonyl (C=O) groups is 3. The average Bonchev–Trinajstić information content (AvgIpc) is 3.20. The summed E-state index contributed by atoms with van der Waals surface area (Å²) in [6, 6.07) is 24.6. The van der Waals surface area contributed by atoms with Crippen molar-refractivity contribution in [2.45, 2.75) is 37.6 Å². The normalized spacial score (nSPS) is 22.5. The number of likely N-dealkylation sites (tertiary alicyclic amines) is 1. The van der Waals surface area contributed by atoms with Crippen molar-refractivity contribution in [3.8, 4) is 0 Å². The minimum absolute atomic E-state index is 0.0945. The summed E-state index contributed by atoms with van der Waals surface area (Å²) in [5, 5.41) is 3.16. The van der Waals surface area contributed by atoms with Crippen LogP contribution in [0.15, 0.2) is 72.8 Å². The summed E-state index contributed by atoms with van der Waals surface area (Å²) in [6.07, 6.45) is 1.62. The van der Waals surface area contributed by atoms with Crippen LogP contribution < -0.4 is 5.32 Å². The molecular weight excluding hydrogens is 424 g/mol. The van der Waals surface area contributed by atoms with Gasteiger partial charge < -0.3 is 5.32 Å². The van der Waals surface area contributed by atoms with Crippen LogP contribution in [0.1, 0.15) is 69.3 Å². The Kier molecular flexibility index (Phi) is 5.05. The minimum Gasteiger partial charge on any atom is -0.352 e. The molecule has 1 fully saturated rings. The molecule has 1 unspecified atom stereocenters. The number of imide groups is 1. The van der Waals surface area contributed by atoms with Crippen LogP contribution in [0, 0.1) is 5.92 Å². The third-order valence-electron chi connectivity index (χ3n) is 7.66. The number of fused-ring (bicyclic) bond motifs is 1. The number of nitrogens with zero attached hydrogens (tertiary/aromatic N) is 1. The minimum atomic E-state index is -0.128. The summed E-state index contributed by atoms with van der Waals surface area (Å²) in [4.78, 5) is 37.9. The van der Waals surface area contributed by atoms with Gasteiger partial charge in [0, 0.05) is 36.8 Å². The van der Waals surface area contributed by atoms with Gasteiger partial charge in [-0.15, -0.1) is 0 Å². The molecule has 3 aromatic rings. The van der Waals surface area contributed by atoms with Gasteiger partial charge in [-0.05, 0) is 52.3 Å². The highest BCUT2D eigenvalue weighted by Gasteiger charge is 2.42. The van der Waals surface area contributed by atoms with E-state index in [-0.39, 0.29) is 37.1 Å². The Labute approximate surface area is 198 Å². The second-order valence-electron chi connectivity index (χ2n) is 9.56. The lowest BCUT2D eigenvalue weighted by molar-refractivity contribution is -0.139. The quantitative estimate of drug-likeness (QED) is 0.588. The summed E-state index contributed by atoms with van der Waals surface area (Å²) in [6.45, 7) is 0.894. The number of amides is 3. The molecule has 1 N–H and O–H groups in total. The maximum atomic E-state index is 12.9. The van der Waals surface area contributed by atoms with Crippen LogP contribution >= 0.6 is 0 Å². The number of hydrogen-bond donors (Lipinski definition) is 1. The van der Waals surface area contributed by atoms with E-state index < -0.39 is 0 Å². The first-order chi connectivity index (χ1) is 16.6. The highest BCUT2D eigenvalue weighted by molar-refractivity contribution is 6.01. The number of hydrogen-bond acceptors (Lipinski definition) is 3. The highest BCUT2D eigenvalue weighted by atomic mass is 16.2. The number of rotatable bonds is 5. The molecule has 0 radical (unpaired) electrons. The monoisotopic (exact) mass is 450 g/mol. The summed E-state index contributed by atoms with van der Waals surface area (Å²) in [5.41, 5.74) is 7.08. The smallest absolute Gasteiger partial charge is 0.251 e. The van der Waals surface area contributed by atoms with Crippen molar-refractivity contribution >= 4 is 17.7 Å². The molecule has 3 aromatic carbocycles. The zero-order chi connectivity index (χ0) is 23.2. The molecule has 4 aliphatic rings. The lowest BCUT2D eigenvalue weighted by atomic mass is 9.59. The first-order valence-corrected chi connectivity index (χ1v) is 12.0. The van der Waals surface area contributed by atoms with Gasteiger partial charge in [-0.25, -0.2) is 0 Å². The molecule has 1 atom stereocenters. The molecule has 3 aliphatic carbocycles. The average molecular weight is 451 g/mol. The largest absolute Gasteiger partial charge is 0.352 e. The Morgan fingerprint density at radius 1 is 0.794 bits per heavy atom. The third-order valence-corrected chi connectivity index (χ3v) is 7.66. The standard InChI is InChI=1S/C29H26N2O3/c32-26-13-14-27(33)31(26)17-18-9-11-19(12-10-18)29(34)30-16-20-15-25-21-5-1-3-7-23(21)28(20)24-8-4-2-6-22(24)25/h1-12,20,25,28H,13-17H2,(H,30,34). The molecular formula is C29H26N2O3. The Morgan fingerprint density at radius 2 is 1.35 bits per heavy atom. The molecule has 0 saturated carbocycles. The van der Waals surface area contributed by atoms with Gasteiger partial charge >= 0.3 is 0 Å². The van der Waals surface area contributed by atoms with Gasteiger partial charge in [-0.2, -0.15) is 0 Å². The summed E-state index contributed by atoms with van der Waals surface area (Å²) in [7, 11) is 0. The van der Waals surface area contributed by atoms with Crippen molar-refractivity contribution in [2.75, 3.05) is 6.54 Å². The predicted octanol–water partition coefficient (Wildman–Crippen LogP) is 4.36. The molecule has 0 spiro atoms. The molecule has 0 aromatic heterocycles. The Balaban J connectivity index is 1.15. The van der Waals surface area contributed by atoms with Crippen LogP contribution in [-0.2, 0) is 16.1 Å². The molecule has 34 heavy (non-hydrogen) atoms. The molecule has 170 valence electrons. The van der Waals surface area contributed by atoms with E-state index in [0.717, 1.165) is 12.0 Å². The van der Waals surface area contributed by atoms with E-state index in [2.05, 4.69) is 53.8 Å². The molecule has 1 heterocycles. The first kappa shape index (κ1) is 20.8. The van der Waals surface area contributed by atoms with Gasteiger partial charge in [0.05, 0.1) is 6.54 Å². The van der Waals surface area contributed by atoms with Crippen molar-refractivity contribution in [2.24, 2.45) is 5.92 Å². The predicted molar refractivity (Wildman–Crippen MR) is 128 cm³/mol. The van der Waals surface area contributed by atoms with Gasteiger partial charge in [0.25, 0.3) is 5.91 Å². The second kappa shape index (κ2) is 8.24. The molecule has 2 bridgehead atoms. The molecule has 1 saturated heterocycles. The first-order valence-electron chi connectivity index (χ1n) is 12.0. The van der Waals surface area contributed by atoms with E-state index in [1.54, 1.807) is 12.1 Å².